The summed E-state index contributed by atoms with van der Waals surface area (Å²) in [6.07, 6.45) is 1.48. The second-order valence-electron chi connectivity index (χ2n) is 4.52. The third kappa shape index (κ3) is 2.21. The highest BCUT2D eigenvalue weighted by molar-refractivity contribution is 5.72. The van der Waals surface area contributed by atoms with Crippen molar-refractivity contribution < 1.29 is 9.13 Å². The minimum atomic E-state index is -0.370. The molecule has 0 aliphatic rings. The summed E-state index contributed by atoms with van der Waals surface area (Å²) in [5, 5.41) is 9.05. The molecule has 2 heterocycles. The number of halogens is 1. The van der Waals surface area contributed by atoms with E-state index in [0.717, 1.165) is 5.56 Å². The van der Waals surface area contributed by atoms with Crippen molar-refractivity contribution >= 4 is 5.65 Å². The first-order valence-corrected chi connectivity index (χ1v) is 6.41. The normalized spacial score (nSPS) is 10.5. The summed E-state index contributed by atoms with van der Waals surface area (Å²) in [6, 6.07) is 12.5. The van der Waals surface area contributed by atoms with Crippen molar-refractivity contribution in [2.75, 3.05) is 7.11 Å². The molecule has 104 valence electrons. The molecule has 0 N–H and O–H groups in total. The summed E-state index contributed by atoms with van der Waals surface area (Å²) in [6.45, 7) is 0. The lowest BCUT2D eigenvalue weighted by molar-refractivity contribution is 0.416. The number of imidazole rings is 1. The third-order valence-corrected chi connectivity index (χ3v) is 3.29. The molecule has 3 rings (SSSR count). The van der Waals surface area contributed by atoms with Crippen LogP contribution in [0.25, 0.3) is 16.9 Å². The minimum absolute atomic E-state index is 0.137. The highest BCUT2D eigenvalue weighted by Gasteiger charge is 2.17. The number of hydrogen-bond acceptors (Lipinski definition) is 3. The number of aromatic nitrogens is 2. The van der Waals surface area contributed by atoms with E-state index in [1.54, 1.807) is 17.6 Å². The van der Waals surface area contributed by atoms with Gasteiger partial charge in [-0.2, -0.15) is 5.26 Å². The zero-order chi connectivity index (χ0) is 14.8. The van der Waals surface area contributed by atoms with E-state index in [-0.39, 0.29) is 12.2 Å². The van der Waals surface area contributed by atoms with E-state index in [1.807, 2.05) is 24.3 Å². The van der Waals surface area contributed by atoms with Gasteiger partial charge < -0.3 is 4.74 Å². The lowest BCUT2D eigenvalue weighted by atomic mass is 10.1. The van der Waals surface area contributed by atoms with Crippen LogP contribution in [0.3, 0.4) is 0 Å². The molecule has 0 saturated heterocycles. The Balaban J connectivity index is 2.31. The van der Waals surface area contributed by atoms with Crippen LogP contribution in [0.2, 0.25) is 0 Å². The molecule has 0 spiro atoms. The van der Waals surface area contributed by atoms with Crippen molar-refractivity contribution in [2.24, 2.45) is 0 Å². The van der Waals surface area contributed by atoms with Gasteiger partial charge in [-0.15, -0.1) is 0 Å². The second-order valence-corrected chi connectivity index (χ2v) is 4.52. The second kappa shape index (κ2) is 5.25. The zero-order valence-corrected chi connectivity index (χ0v) is 11.4. The Morgan fingerprint density at radius 1 is 1.29 bits per heavy atom. The number of fused-ring (bicyclic) bond motifs is 1. The molecule has 5 heteroatoms. The molecule has 0 amide bonds. The highest BCUT2D eigenvalue weighted by atomic mass is 19.1. The molecule has 21 heavy (non-hydrogen) atoms. The van der Waals surface area contributed by atoms with Crippen molar-refractivity contribution in [3.05, 3.63) is 54.1 Å². The monoisotopic (exact) mass is 281 g/mol. The fourth-order valence-corrected chi connectivity index (χ4v) is 2.37. The Morgan fingerprint density at radius 2 is 2.10 bits per heavy atom. The van der Waals surface area contributed by atoms with Gasteiger partial charge >= 0.3 is 0 Å². The van der Waals surface area contributed by atoms with E-state index in [9.17, 15) is 4.39 Å². The molecule has 0 fully saturated rings. The van der Waals surface area contributed by atoms with Gasteiger partial charge in [-0.05, 0) is 24.3 Å². The summed E-state index contributed by atoms with van der Waals surface area (Å²) in [5.74, 6) is 0.297. The Bertz CT molecular complexity index is 848. The van der Waals surface area contributed by atoms with Gasteiger partial charge in [0.15, 0.2) is 0 Å². The quantitative estimate of drug-likeness (QED) is 0.740. The number of benzene rings is 1. The van der Waals surface area contributed by atoms with Gasteiger partial charge in [0.05, 0.1) is 31.0 Å². The fraction of sp³-hybridized carbons (Fsp3) is 0.125. The van der Waals surface area contributed by atoms with Crippen LogP contribution in [0.1, 0.15) is 5.69 Å². The predicted octanol–water partition coefficient (Wildman–Crippen LogP) is 3.22. The van der Waals surface area contributed by atoms with Gasteiger partial charge in [0.1, 0.15) is 17.2 Å². The molecule has 0 radical (unpaired) electrons. The molecule has 4 nitrogen and oxygen atoms in total. The topological polar surface area (TPSA) is 50.3 Å². The first-order valence-electron chi connectivity index (χ1n) is 6.41. The molecule has 2 aromatic heterocycles. The average Bonchev–Trinajstić information content (AvgIpc) is 2.86. The third-order valence-electron chi connectivity index (χ3n) is 3.29. The van der Waals surface area contributed by atoms with Crippen LogP contribution >= 0.6 is 0 Å². The van der Waals surface area contributed by atoms with Crippen LogP contribution in [-0.2, 0) is 6.42 Å². The molecule has 0 aliphatic carbocycles. The van der Waals surface area contributed by atoms with E-state index >= 15 is 0 Å². The predicted molar refractivity (Wildman–Crippen MR) is 76.5 cm³/mol. The number of hydrogen-bond donors (Lipinski definition) is 0. The highest BCUT2D eigenvalue weighted by Crippen LogP contribution is 2.32. The summed E-state index contributed by atoms with van der Waals surface area (Å²) in [4.78, 5) is 4.52. The average molecular weight is 281 g/mol. The van der Waals surface area contributed by atoms with Gasteiger partial charge in [-0.25, -0.2) is 9.37 Å². The maximum atomic E-state index is 13.5. The molecule has 0 saturated carbocycles. The molecule has 0 unspecified atom stereocenters. The van der Waals surface area contributed by atoms with E-state index in [2.05, 4.69) is 11.1 Å². The fourth-order valence-electron chi connectivity index (χ4n) is 2.37. The number of pyridine rings is 1. The van der Waals surface area contributed by atoms with Gasteiger partial charge in [0.2, 0.25) is 0 Å². The number of rotatable bonds is 3. The number of methoxy groups -OCH3 is 1. The van der Waals surface area contributed by atoms with Crippen LogP contribution in [-0.4, -0.2) is 16.5 Å². The summed E-state index contributed by atoms with van der Waals surface area (Å²) < 4.78 is 20.4. The van der Waals surface area contributed by atoms with Crippen LogP contribution in [0, 0.1) is 17.1 Å². The lowest BCUT2D eigenvalue weighted by Gasteiger charge is -2.07. The first kappa shape index (κ1) is 13.1. The Labute approximate surface area is 121 Å². The van der Waals surface area contributed by atoms with Crippen molar-refractivity contribution in [3.8, 4) is 23.1 Å². The van der Waals surface area contributed by atoms with Crippen molar-refractivity contribution in [1.82, 2.24) is 9.38 Å². The largest absolute Gasteiger partial charge is 0.496 e. The molecule has 1 aromatic carbocycles. The zero-order valence-electron chi connectivity index (χ0n) is 11.4. The summed E-state index contributed by atoms with van der Waals surface area (Å²) in [5.41, 5.74) is 2.67. The van der Waals surface area contributed by atoms with Gasteiger partial charge in [0.25, 0.3) is 0 Å². The Hall–Kier alpha value is -2.87. The van der Waals surface area contributed by atoms with Crippen LogP contribution < -0.4 is 4.74 Å². The maximum Gasteiger partial charge on any atom is 0.139 e. The summed E-state index contributed by atoms with van der Waals surface area (Å²) >= 11 is 0. The van der Waals surface area contributed by atoms with E-state index in [0.29, 0.717) is 22.8 Å². The maximum absolute atomic E-state index is 13.5. The Kier molecular flexibility index (Phi) is 3.28. The van der Waals surface area contributed by atoms with E-state index < -0.39 is 0 Å². The van der Waals surface area contributed by atoms with Crippen molar-refractivity contribution in [1.29, 1.82) is 5.26 Å². The van der Waals surface area contributed by atoms with E-state index in [1.165, 1.54) is 12.3 Å². The molecule has 3 aromatic rings. The smallest absolute Gasteiger partial charge is 0.139 e. The summed E-state index contributed by atoms with van der Waals surface area (Å²) in [7, 11) is 1.58. The van der Waals surface area contributed by atoms with Gasteiger partial charge in [0, 0.05) is 11.8 Å². The molecular formula is C16H12FN3O. The van der Waals surface area contributed by atoms with Crippen LogP contribution in [0.5, 0.6) is 5.75 Å². The molecule has 0 aliphatic heterocycles. The van der Waals surface area contributed by atoms with Crippen molar-refractivity contribution in [2.45, 2.75) is 6.42 Å². The Morgan fingerprint density at radius 3 is 2.86 bits per heavy atom. The molecule has 0 atom stereocenters. The molecule has 0 bridgehead atoms. The standard InChI is InChI=1S/C16H12FN3O/c1-21-14-5-3-2-4-12(14)16-13(8-9-18)20-10-11(17)6-7-15(20)19-16/h2-7,10H,8H2,1H3. The lowest BCUT2D eigenvalue weighted by Crippen LogP contribution is -1.95. The van der Waals surface area contributed by atoms with Gasteiger partial charge in [-0.3, -0.25) is 4.40 Å². The number of nitriles is 1. The van der Waals surface area contributed by atoms with E-state index in [4.69, 9.17) is 10.00 Å². The number of ether oxygens (including phenoxy) is 1. The number of para-hydroxylation sites is 1. The van der Waals surface area contributed by atoms with Crippen LogP contribution in [0.4, 0.5) is 4.39 Å². The van der Waals surface area contributed by atoms with Crippen LogP contribution in [0.15, 0.2) is 42.6 Å². The van der Waals surface area contributed by atoms with Gasteiger partial charge in [-0.1, -0.05) is 12.1 Å². The van der Waals surface area contributed by atoms with Crippen molar-refractivity contribution in [3.63, 3.8) is 0 Å². The minimum Gasteiger partial charge on any atom is -0.496 e. The first-order chi connectivity index (χ1) is 10.2. The SMILES string of the molecule is COc1ccccc1-c1nc2ccc(F)cn2c1CC#N. The number of nitrogens with zero attached hydrogens (tertiary/aromatic N) is 3. The molecular weight excluding hydrogens is 269 g/mol.